The first-order valence-electron chi connectivity index (χ1n) is 6.03. The Kier molecular flexibility index (Phi) is 5.36. The maximum absolute atomic E-state index is 12.0. The summed E-state index contributed by atoms with van der Waals surface area (Å²) in [5, 5.41) is 20.5. The van der Waals surface area contributed by atoms with Gasteiger partial charge in [0.2, 0.25) is 0 Å². The number of aliphatic hydroxyl groups excluding tert-OH is 1. The van der Waals surface area contributed by atoms with Crippen molar-refractivity contribution in [3.63, 3.8) is 0 Å². The Hall–Kier alpha value is -1.34. The van der Waals surface area contributed by atoms with E-state index in [0.717, 1.165) is 6.42 Å². The van der Waals surface area contributed by atoms with Crippen molar-refractivity contribution in [2.75, 3.05) is 19.8 Å². The summed E-state index contributed by atoms with van der Waals surface area (Å²) in [6, 6.07) is -1.82. The Labute approximate surface area is 106 Å². The summed E-state index contributed by atoms with van der Waals surface area (Å²) in [5.74, 6) is -1.25. The number of nitrogens with zero attached hydrogens (tertiary/aromatic N) is 1. The Morgan fingerprint density at radius 1 is 1.56 bits per heavy atom. The Morgan fingerprint density at radius 3 is 2.72 bits per heavy atom. The molecule has 1 rings (SSSR count). The summed E-state index contributed by atoms with van der Waals surface area (Å²) in [5.41, 5.74) is 0. The maximum atomic E-state index is 12.0. The van der Waals surface area contributed by atoms with E-state index in [1.165, 1.54) is 6.92 Å². The summed E-state index contributed by atoms with van der Waals surface area (Å²) < 4.78 is 5.27. The van der Waals surface area contributed by atoms with Gasteiger partial charge in [-0.25, -0.2) is 9.59 Å². The van der Waals surface area contributed by atoms with Gasteiger partial charge in [-0.05, 0) is 13.3 Å². The molecule has 1 fully saturated rings. The molecule has 104 valence electrons. The lowest BCUT2D eigenvalue weighted by Crippen LogP contribution is -2.57. The van der Waals surface area contributed by atoms with Crippen LogP contribution in [0.1, 0.15) is 20.3 Å². The van der Waals surface area contributed by atoms with Crippen molar-refractivity contribution >= 4 is 12.0 Å². The summed E-state index contributed by atoms with van der Waals surface area (Å²) in [4.78, 5) is 24.4. The highest BCUT2D eigenvalue weighted by Gasteiger charge is 2.31. The second-order valence-corrected chi connectivity index (χ2v) is 4.34. The molecule has 0 spiro atoms. The molecule has 0 aromatic heterocycles. The first-order valence-corrected chi connectivity index (χ1v) is 6.03. The number of nitrogens with one attached hydrogen (secondary N) is 1. The second-order valence-electron chi connectivity index (χ2n) is 4.34. The summed E-state index contributed by atoms with van der Waals surface area (Å²) >= 11 is 0. The highest BCUT2D eigenvalue weighted by Crippen LogP contribution is 2.10. The van der Waals surface area contributed by atoms with Crippen molar-refractivity contribution in [3.8, 4) is 0 Å². The molecule has 1 aliphatic heterocycles. The minimum Gasteiger partial charge on any atom is -0.480 e. The number of amides is 2. The maximum Gasteiger partial charge on any atom is 0.328 e. The van der Waals surface area contributed by atoms with Gasteiger partial charge in [-0.2, -0.15) is 0 Å². The van der Waals surface area contributed by atoms with Gasteiger partial charge < -0.3 is 25.2 Å². The molecule has 0 radical (unpaired) electrons. The van der Waals surface area contributed by atoms with Gasteiger partial charge in [0.15, 0.2) is 6.04 Å². The average Bonchev–Trinajstić information content (AvgIpc) is 2.34. The SMILES string of the molecule is CCC1COCCN1C(=O)NC(C(=O)O)C(C)O. The van der Waals surface area contributed by atoms with Gasteiger partial charge in [0.25, 0.3) is 0 Å². The largest absolute Gasteiger partial charge is 0.480 e. The Morgan fingerprint density at radius 2 is 2.22 bits per heavy atom. The smallest absolute Gasteiger partial charge is 0.328 e. The van der Waals surface area contributed by atoms with Gasteiger partial charge in [-0.15, -0.1) is 0 Å². The van der Waals surface area contributed by atoms with Crippen LogP contribution >= 0.6 is 0 Å². The van der Waals surface area contributed by atoms with Gasteiger partial charge in [-0.3, -0.25) is 0 Å². The van der Waals surface area contributed by atoms with Crippen molar-refractivity contribution in [2.24, 2.45) is 0 Å². The van der Waals surface area contributed by atoms with Gasteiger partial charge >= 0.3 is 12.0 Å². The first-order chi connectivity index (χ1) is 8.47. The lowest BCUT2D eigenvalue weighted by atomic mass is 10.1. The van der Waals surface area contributed by atoms with E-state index in [2.05, 4.69) is 5.32 Å². The molecule has 0 bridgehead atoms. The number of hydrogen-bond acceptors (Lipinski definition) is 4. The number of aliphatic hydroxyl groups is 1. The van der Waals surface area contributed by atoms with Crippen LogP contribution in [-0.2, 0) is 9.53 Å². The number of aliphatic carboxylic acids is 1. The third-order valence-corrected chi connectivity index (χ3v) is 2.99. The molecule has 3 unspecified atom stereocenters. The van der Waals surface area contributed by atoms with Crippen LogP contribution in [0.5, 0.6) is 0 Å². The van der Waals surface area contributed by atoms with Crippen LogP contribution in [0.15, 0.2) is 0 Å². The van der Waals surface area contributed by atoms with Crippen LogP contribution in [0.4, 0.5) is 4.79 Å². The molecule has 2 amide bonds. The zero-order chi connectivity index (χ0) is 13.7. The average molecular weight is 260 g/mol. The minimum atomic E-state index is -1.29. The number of ether oxygens (including phenoxy) is 1. The predicted octanol–water partition coefficient (Wildman–Crippen LogP) is -0.359. The van der Waals surface area contributed by atoms with Gasteiger partial charge in [-0.1, -0.05) is 6.92 Å². The van der Waals surface area contributed by atoms with E-state index in [0.29, 0.717) is 19.8 Å². The molecular weight excluding hydrogens is 240 g/mol. The van der Waals surface area contributed by atoms with E-state index in [9.17, 15) is 14.7 Å². The van der Waals surface area contributed by atoms with E-state index in [1.54, 1.807) is 4.90 Å². The van der Waals surface area contributed by atoms with Crippen molar-refractivity contribution < 1.29 is 24.5 Å². The number of carbonyl (C=O) groups excluding carboxylic acids is 1. The molecule has 1 saturated heterocycles. The molecule has 0 aliphatic carbocycles. The lowest BCUT2D eigenvalue weighted by molar-refractivity contribution is -0.141. The standard InChI is InChI=1S/C11H20N2O5/c1-3-8-6-18-5-4-13(8)11(17)12-9(7(2)14)10(15)16/h7-9,14H,3-6H2,1-2H3,(H,12,17)(H,15,16). The van der Waals surface area contributed by atoms with Crippen molar-refractivity contribution in [2.45, 2.75) is 38.5 Å². The zero-order valence-corrected chi connectivity index (χ0v) is 10.6. The van der Waals surface area contributed by atoms with Crippen LogP contribution in [0.3, 0.4) is 0 Å². The second kappa shape index (κ2) is 6.55. The molecule has 3 N–H and O–H groups in total. The van der Waals surface area contributed by atoms with Gasteiger partial charge in [0, 0.05) is 6.54 Å². The first kappa shape index (κ1) is 14.7. The summed E-state index contributed by atoms with van der Waals surface area (Å²) in [6.45, 7) is 4.59. The normalized spacial score (nSPS) is 23.3. The van der Waals surface area contributed by atoms with Crippen LogP contribution in [-0.4, -0.2) is 65.1 Å². The Balaban J connectivity index is 2.64. The Bertz CT molecular complexity index is 308. The number of carboxylic acid groups (broad SMARTS) is 1. The topological polar surface area (TPSA) is 99.1 Å². The lowest BCUT2D eigenvalue weighted by Gasteiger charge is -2.35. The van der Waals surface area contributed by atoms with E-state index in [1.807, 2.05) is 6.92 Å². The summed E-state index contributed by atoms with van der Waals surface area (Å²) in [7, 11) is 0. The molecule has 1 heterocycles. The number of rotatable bonds is 4. The van der Waals surface area contributed by atoms with Gasteiger partial charge in [0.05, 0.1) is 25.4 Å². The third kappa shape index (κ3) is 3.58. The molecule has 0 aromatic carbocycles. The zero-order valence-electron chi connectivity index (χ0n) is 10.6. The van der Waals surface area contributed by atoms with Crippen LogP contribution < -0.4 is 5.32 Å². The summed E-state index contributed by atoms with van der Waals surface area (Å²) in [6.07, 6.45) is -0.410. The quantitative estimate of drug-likeness (QED) is 0.641. The van der Waals surface area contributed by atoms with E-state index in [-0.39, 0.29) is 6.04 Å². The van der Waals surface area contributed by atoms with Crippen LogP contribution in [0, 0.1) is 0 Å². The molecule has 1 aliphatic rings. The molecule has 3 atom stereocenters. The van der Waals surface area contributed by atoms with Gasteiger partial charge in [0.1, 0.15) is 0 Å². The highest BCUT2D eigenvalue weighted by atomic mass is 16.5. The fourth-order valence-corrected chi connectivity index (χ4v) is 1.87. The fourth-order valence-electron chi connectivity index (χ4n) is 1.87. The molecular formula is C11H20N2O5. The van der Waals surface area contributed by atoms with E-state index in [4.69, 9.17) is 9.84 Å². The van der Waals surface area contributed by atoms with Crippen molar-refractivity contribution in [3.05, 3.63) is 0 Å². The number of carbonyl (C=O) groups is 2. The molecule has 0 aromatic rings. The number of carboxylic acids is 1. The highest BCUT2D eigenvalue weighted by molar-refractivity contribution is 5.83. The van der Waals surface area contributed by atoms with E-state index >= 15 is 0 Å². The fraction of sp³-hybridized carbons (Fsp3) is 0.818. The van der Waals surface area contributed by atoms with E-state index < -0.39 is 24.1 Å². The molecule has 7 heteroatoms. The number of morpholine rings is 1. The van der Waals surface area contributed by atoms with Crippen molar-refractivity contribution in [1.29, 1.82) is 0 Å². The molecule has 18 heavy (non-hydrogen) atoms. The molecule has 7 nitrogen and oxygen atoms in total. The van der Waals surface area contributed by atoms with Crippen LogP contribution in [0.25, 0.3) is 0 Å². The number of hydrogen-bond donors (Lipinski definition) is 3. The monoisotopic (exact) mass is 260 g/mol. The number of urea groups is 1. The minimum absolute atomic E-state index is 0.0535. The van der Waals surface area contributed by atoms with Crippen LogP contribution in [0.2, 0.25) is 0 Å². The predicted molar refractivity (Wildman–Crippen MR) is 63.2 cm³/mol. The van der Waals surface area contributed by atoms with Crippen molar-refractivity contribution in [1.82, 2.24) is 10.2 Å². The third-order valence-electron chi connectivity index (χ3n) is 2.99. The molecule has 0 saturated carbocycles.